The number of nitrogens with one attached hydrogen (secondary N) is 1. The summed E-state index contributed by atoms with van der Waals surface area (Å²) in [5.41, 5.74) is 6.72. The van der Waals surface area contributed by atoms with Crippen LogP contribution in [0.5, 0.6) is 0 Å². The van der Waals surface area contributed by atoms with Crippen molar-refractivity contribution in [3.05, 3.63) is 99.9 Å². The van der Waals surface area contributed by atoms with Crippen LogP contribution in [0, 0.1) is 6.92 Å². The van der Waals surface area contributed by atoms with Gasteiger partial charge in [0.25, 0.3) is 5.56 Å². The predicted octanol–water partition coefficient (Wildman–Crippen LogP) is 4.11. The summed E-state index contributed by atoms with van der Waals surface area (Å²) in [5.74, 6) is 0. The summed E-state index contributed by atoms with van der Waals surface area (Å²) >= 11 is 0. The lowest BCUT2D eigenvalue weighted by atomic mass is 10.1. The molecule has 0 spiro atoms. The smallest absolute Gasteiger partial charge is 0.291 e. The molecular weight excluding hydrogens is 412 g/mol. The minimum absolute atomic E-state index is 0.103. The number of aromatic nitrogens is 6. The SMILES string of the molecule is Cc1cccc(Cc2ccc3c4cnn(Cc5cccc6[nH]ncc56)c(=O)c4n(C)c3c2)n1. The van der Waals surface area contributed by atoms with E-state index in [1.807, 2.05) is 54.9 Å². The van der Waals surface area contributed by atoms with Crippen LogP contribution in [-0.4, -0.2) is 29.5 Å². The van der Waals surface area contributed by atoms with Gasteiger partial charge in [0.15, 0.2) is 0 Å². The molecule has 4 heterocycles. The highest BCUT2D eigenvalue weighted by atomic mass is 16.1. The lowest BCUT2D eigenvalue weighted by Gasteiger charge is -2.07. The second-order valence-electron chi connectivity index (χ2n) is 8.48. The highest BCUT2D eigenvalue weighted by Gasteiger charge is 2.15. The first-order valence-corrected chi connectivity index (χ1v) is 10.9. The van der Waals surface area contributed by atoms with Crippen molar-refractivity contribution in [2.45, 2.75) is 19.9 Å². The van der Waals surface area contributed by atoms with Crippen LogP contribution in [0.3, 0.4) is 0 Å². The first-order valence-electron chi connectivity index (χ1n) is 10.9. The van der Waals surface area contributed by atoms with Gasteiger partial charge < -0.3 is 4.57 Å². The van der Waals surface area contributed by atoms with Crippen molar-refractivity contribution in [2.75, 3.05) is 0 Å². The third-order valence-corrected chi connectivity index (χ3v) is 6.29. The first kappa shape index (κ1) is 19.4. The molecule has 7 nitrogen and oxygen atoms in total. The molecule has 0 bridgehead atoms. The number of rotatable bonds is 4. The number of pyridine rings is 1. The Balaban J connectivity index is 1.44. The fraction of sp³-hybridized carbons (Fsp3) is 0.154. The quantitative estimate of drug-likeness (QED) is 0.453. The molecule has 0 aliphatic heterocycles. The first-order chi connectivity index (χ1) is 16.1. The predicted molar refractivity (Wildman–Crippen MR) is 129 cm³/mol. The highest BCUT2D eigenvalue weighted by Crippen LogP contribution is 2.27. The Labute approximate surface area is 189 Å². The molecule has 0 saturated heterocycles. The average molecular weight is 435 g/mol. The van der Waals surface area contributed by atoms with Crippen molar-refractivity contribution >= 4 is 32.7 Å². The van der Waals surface area contributed by atoms with Gasteiger partial charge in [-0.2, -0.15) is 10.2 Å². The second kappa shape index (κ2) is 7.41. The summed E-state index contributed by atoms with van der Waals surface area (Å²) < 4.78 is 3.51. The molecule has 162 valence electrons. The molecule has 6 aromatic rings. The normalized spacial score (nSPS) is 11.7. The fourth-order valence-corrected chi connectivity index (χ4v) is 4.66. The lowest BCUT2D eigenvalue weighted by molar-refractivity contribution is 0.647. The molecular formula is C26H22N6O. The molecule has 1 N–H and O–H groups in total. The van der Waals surface area contributed by atoms with Crippen molar-refractivity contribution < 1.29 is 0 Å². The largest absolute Gasteiger partial charge is 0.339 e. The maximum absolute atomic E-state index is 13.5. The van der Waals surface area contributed by atoms with E-state index in [1.165, 1.54) is 4.68 Å². The minimum atomic E-state index is -0.103. The monoisotopic (exact) mass is 434 g/mol. The van der Waals surface area contributed by atoms with E-state index in [-0.39, 0.29) is 5.56 Å². The van der Waals surface area contributed by atoms with Crippen LogP contribution >= 0.6 is 0 Å². The molecule has 33 heavy (non-hydrogen) atoms. The standard InChI is InChI=1S/C26H22N6O/c1-16-5-3-7-19(29-16)11-17-9-10-20-22-14-28-32(26(33)25(22)31(2)24(20)12-17)15-18-6-4-8-23-21(18)13-27-30-23/h3-10,12-14H,11,15H2,1-2H3,(H,27,30). The third-order valence-electron chi connectivity index (χ3n) is 6.29. The van der Waals surface area contributed by atoms with Crippen molar-refractivity contribution in [2.24, 2.45) is 7.05 Å². The van der Waals surface area contributed by atoms with Gasteiger partial charge in [-0.25, -0.2) is 4.68 Å². The molecule has 0 aliphatic rings. The van der Waals surface area contributed by atoms with Gasteiger partial charge in [-0.15, -0.1) is 0 Å². The van der Waals surface area contributed by atoms with Crippen LogP contribution in [0.4, 0.5) is 0 Å². The lowest BCUT2D eigenvalue weighted by Crippen LogP contribution is -2.24. The zero-order valence-electron chi connectivity index (χ0n) is 18.4. The van der Waals surface area contributed by atoms with Crippen LogP contribution in [0.15, 0.2) is 71.8 Å². The van der Waals surface area contributed by atoms with Gasteiger partial charge in [0.05, 0.1) is 24.5 Å². The van der Waals surface area contributed by atoms with Gasteiger partial charge in [0, 0.05) is 46.5 Å². The van der Waals surface area contributed by atoms with Gasteiger partial charge in [0.2, 0.25) is 0 Å². The average Bonchev–Trinajstić information content (AvgIpc) is 3.40. The van der Waals surface area contributed by atoms with Crippen LogP contribution in [0.25, 0.3) is 32.7 Å². The number of benzene rings is 2. The second-order valence-corrected chi connectivity index (χ2v) is 8.48. The van der Waals surface area contributed by atoms with E-state index in [0.717, 1.165) is 56.1 Å². The molecule has 6 rings (SSSR count). The number of aromatic amines is 1. The van der Waals surface area contributed by atoms with E-state index in [4.69, 9.17) is 0 Å². The van der Waals surface area contributed by atoms with Gasteiger partial charge in [-0.1, -0.05) is 30.3 Å². The zero-order chi connectivity index (χ0) is 22.5. The summed E-state index contributed by atoms with van der Waals surface area (Å²) in [7, 11) is 1.95. The third kappa shape index (κ3) is 3.20. The molecule has 0 fully saturated rings. The fourth-order valence-electron chi connectivity index (χ4n) is 4.66. The van der Waals surface area contributed by atoms with Gasteiger partial charge in [0.1, 0.15) is 5.52 Å². The van der Waals surface area contributed by atoms with Gasteiger partial charge in [-0.05, 0) is 42.3 Å². The maximum atomic E-state index is 13.5. The summed E-state index contributed by atoms with van der Waals surface area (Å²) in [6.45, 7) is 2.39. The molecule has 0 radical (unpaired) electrons. The Morgan fingerprint density at radius 2 is 1.85 bits per heavy atom. The minimum Gasteiger partial charge on any atom is -0.339 e. The molecule has 0 saturated carbocycles. The zero-order valence-corrected chi connectivity index (χ0v) is 18.4. The molecule has 7 heteroatoms. The Kier molecular flexibility index (Phi) is 4.36. The summed E-state index contributed by atoms with van der Waals surface area (Å²) in [5, 5.41) is 14.5. The summed E-state index contributed by atoms with van der Waals surface area (Å²) in [6, 6.07) is 18.4. The van der Waals surface area contributed by atoms with Crippen molar-refractivity contribution in [3.63, 3.8) is 0 Å². The van der Waals surface area contributed by atoms with Gasteiger partial charge >= 0.3 is 0 Å². The van der Waals surface area contributed by atoms with Crippen molar-refractivity contribution in [1.82, 2.24) is 29.5 Å². The number of aryl methyl sites for hydroxylation is 2. The molecule has 0 unspecified atom stereocenters. The molecule has 2 aromatic carbocycles. The number of fused-ring (bicyclic) bond motifs is 4. The Morgan fingerprint density at radius 1 is 0.970 bits per heavy atom. The van der Waals surface area contributed by atoms with E-state index < -0.39 is 0 Å². The number of hydrogen-bond acceptors (Lipinski definition) is 4. The number of H-pyrrole nitrogens is 1. The molecule has 0 aliphatic carbocycles. The number of nitrogens with zero attached hydrogens (tertiary/aromatic N) is 5. The van der Waals surface area contributed by atoms with Crippen LogP contribution in [0.2, 0.25) is 0 Å². The van der Waals surface area contributed by atoms with Crippen molar-refractivity contribution in [3.8, 4) is 0 Å². The Hall–Kier alpha value is -4.26. The molecule has 0 amide bonds. The number of hydrogen-bond donors (Lipinski definition) is 1. The summed E-state index contributed by atoms with van der Waals surface area (Å²) in [6.07, 6.45) is 4.34. The van der Waals surface area contributed by atoms with Crippen LogP contribution < -0.4 is 5.56 Å². The molecule has 4 aromatic heterocycles. The topological polar surface area (TPSA) is 81.4 Å². The molecule has 0 atom stereocenters. The van der Waals surface area contributed by atoms with Crippen molar-refractivity contribution in [1.29, 1.82) is 0 Å². The van der Waals surface area contributed by atoms with E-state index >= 15 is 0 Å². The Bertz CT molecular complexity index is 1720. The summed E-state index contributed by atoms with van der Waals surface area (Å²) in [4.78, 5) is 18.1. The van der Waals surface area contributed by atoms with E-state index in [2.05, 4.69) is 38.5 Å². The van der Waals surface area contributed by atoms with E-state index in [9.17, 15) is 4.79 Å². The van der Waals surface area contributed by atoms with E-state index in [0.29, 0.717) is 12.1 Å². The highest BCUT2D eigenvalue weighted by molar-refractivity contribution is 6.07. The maximum Gasteiger partial charge on any atom is 0.291 e. The van der Waals surface area contributed by atoms with Gasteiger partial charge in [-0.3, -0.25) is 14.9 Å². The Morgan fingerprint density at radius 3 is 2.73 bits per heavy atom. The van der Waals surface area contributed by atoms with Crippen LogP contribution in [-0.2, 0) is 20.0 Å². The van der Waals surface area contributed by atoms with E-state index in [1.54, 1.807) is 12.4 Å². The van der Waals surface area contributed by atoms with Crippen LogP contribution in [0.1, 0.15) is 22.5 Å².